The summed E-state index contributed by atoms with van der Waals surface area (Å²) in [5, 5.41) is 0. The molecular formula is C12H16O3. The van der Waals surface area contributed by atoms with Crippen LogP contribution in [0.25, 0.3) is 0 Å². The van der Waals surface area contributed by atoms with E-state index in [9.17, 15) is 9.59 Å². The Bertz CT molecular complexity index is 321. The molecule has 0 aromatic rings. The van der Waals surface area contributed by atoms with Crippen LogP contribution in [0.15, 0.2) is 0 Å². The van der Waals surface area contributed by atoms with Crippen LogP contribution in [0.4, 0.5) is 0 Å². The van der Waals surface area contributed by atoms with E-state index in [1.54, 1.807) is 0 Å². The molecule has 0 unspecified atom stereocenters. The van der Waals surface area contributed by atoms with Crippen molar-refractivity contribution >= 4 is 11.8 Å². The zero-order valence-corrected chi connectivity index (χ0v) is 8.94. The third kappa shape index (κ3) is 1.18. The summed E-state index contributed by atoms with van der Waals surface area (Å²) >= 11 is 0. The number of hydrogen-bond donors (Lipinski definition) is 0. The van der Waals surface area contributed by atoms with Gasteiger partial charge in [0.1, 0.15) is 5.78 Å². The molecule has 0 amide bonds. The van der Waals surface area contributed by atoms with Gasteiger partial charge >= 0.3 is 5.97 Å². The largest absolute Gasteiger partial charge is 0.466 e. The van der Waals surface area contributed by atoms with Gasteiger partial charge in [-0.2, -0.15) is 0 Å². The van der Waals surface area contributed by atoms with Crippen molar-refractivity contribution < 1.29 is 14.3 Å². The van der Waals surface area contributed by atoms with Crippen LogP contribution in [0.3, 0.4) is 0 Å². The van der Waals surface area contributed by atoms with Crippen LogP contribution in [0.1, 0.15) is 26.2 Å². The van der Waals surface area contributed by atoms with Gasteiger partial charge < -0.3 is 4.74 Å². The zero-order valence-electron chi connectivity index (χ0n) is 8.94. The second-order valence-corrected chi connectivity index (χ2v) is 5.23. The summed E-state index contributed by atoms with van der Waals surface area (Å²) in [5.74, 6) is 2.67. The van der Waals surface area contributed by atoms with Gasteiger partial charge in [0.25, 0.3) is 0 Å². The van der Waals surface area contributed by atoms with E-state index in [1.807, 2.05) is 0 Å². The summed E-state index contributed by atoms with van der Waals surface area (Å²) in [6.07, 6.45) is 3.29. The van der Waals surface area contributed by atoms with E-state index in [0.29, 0.717) is 42.0 Å². The maximum atomic E-state index is 11.8. The standard InChI is InChI=1S/C12H16O3/c1-6(13)15-5-7-4-10-11(7)8-2-3-9(8)12(10)14/h7-11H,2-5H2,1H3/t7-,8-,9+,10+,11+/m1/s1. The van der Waals surface area contributed by atoms with Crippen molar-refractivity contribution in [3.8, 4) is 0 Å². The van der Waals surface area contributed by atoms with Gasteiger partial charge in [-0.3, -0.25) is 9.59 Å². The number of ether oxygens (including phenoxy) is 1. The van der Waals surface area contributed by atoms with Crippen LogP contribution in [0.5, 0.6) is 0 Å². The molecule has 0 saturated heterocycles. The quantitative estimate of drug-likeness (QED) is 0.644. The first-order valence-corrected chi connectivity index (χ1v) is 5.85. The lowest BCUT2D eigenvalue weighted by atomic mass is 9.61. The Morgan fingerprint density at radius 2 is 2.20 bits per heavy atom. The fourth-order valence-corrected chi connectivity index (χ4v) is 3.75. The summed E-state index contributed by atoms with van der Waals surface area (Å²) in [4.78, 5) is 22.5. The molecule has 5 atom stereocenters. The number of ketones is 1. The SMILES string of the molecule is CC(=O)OC[C@H]1C[C@@H]2C(=O)[C@H]3CC[C@H]3[C@H]12. The Hall–Kier alpha value is -0.860. The van der Waals surface area contributed by atoms with E-state index >= 15 is 0 Å². The van der Waals surface area contributed by atoms with Gasteiger partial charge in [-0.1, -0.05) is 0 Å². The van der Waals surface area contributed by atoms with E-state index in [0.717, 1.165) is 12.8 Å². The van der Waals surface area contributed by atoms with E-state index < -0.39 is 0 Å². The number of rotatable bonds is 2. The Balaban J connectivity index is 1.63. The van der Waals surface area contributed by atoms with Crippen LogP contribution in [-0.4, -0.2) is 18.4 Å². The Kier molecular flexibility index (Phi) is 1.91. The van der Waals surface area contributed by atoms with Crippen molar-refractivity contribution in [3.63, 3.8) is 0 Å². The summed E-state index contributed by atoms with van der Waals surface area (Å²) in [5.41, 5.74) is 0. The summed E-state index contributed by atoms with van der Waals surface area (Å²) in [6, 6.07) is 0. The molecule has 0 aliphatic heterocycles. The average Bonchev–Trinajstić information content (AvgIpc) is 2.21. The highest BCUT2D eigenvalue weighted by atomic mass is 16.5. The van der Waals surface area contributed by atoms with Crippen molar-refractivity contribution in [2.24, 2.45) is 29.6 Å². The molecule has 0 heterocycles. The lowest BCUT2D eigenvalue weighted by molar-refractivity contribution is -0.146. The van der Waals surface area contributed by atoms with Crippen LogP contribution >= 0.6 is 0 Å². The predicted molar refractivity (Wildman–Crippen MR) is 52.9 cm³/mol. The molecule has 0 radical (unpaired) electrons. The fraction of sp³-hybridized carbons (Fsp3) is 0.833. The smallest absolute Gasteiger partial charge is 0.302 e. The highest BCUT2D eigenvalue weighted by Crippen LogP contribution is 2.61. The molecule has 0 aromatic heterocycles. The van der Waals surface area contributed by atoms with Gasteiger partial charge in [-0.15, -0.1) is 0 Å². The van der Waals surface area contributed by atoms with Gasteiger partial charge in [0.05, 0.1) is 6.61 Å². The fourth-order valence-electron chi connectivity index (χ4n) is 3.75. The molecular weight excluding hydrogens is 192 g/mol. The number of hydrogen-bond acceptors (Lipinski definition) is 3. The first kappa shape index (κ1) is 9.37. The van der Waals surface area contributed by atoms with E-state index in [1.165, 1.54) is 13.3 Å². The summed E-state index contributed by atoms with van der Waals surface area (Å²) < 4.78 is 5.05. The van der Waals surface area contributed by atoms with E-state index in [-0.39, 0.29) is 5.97 Å². The van der Waals surface area contributed by atoms with Gasteiger partial charge in [0, 0.05) is 18.8 Å². The van der Waals surface area contributed by atoms with Gasteiger partial charge in [0.15, 0.2) is 0 Å². The number of carbonyl (C=O) groups excluding carboxylic acids is 2. The zero-order chi connectivity index (χ0) is 10.6. The Morgan fingerprint density at radius 3 is 2.80 bits per heavy atom. The van der Waals surface area contributed by atoms with Crippen molar-refractivity contribution in [2.75, 3.05) is 6.61 Å². The average molecular weight is 208 g/mol. The third-order valence-corrected chi connectivity index (χ3v) is 4.62. The second kappa shape index (κ2) is 3.06. The molecule has 3 saturated carbocycles. The molecule has 3 heteroatoms. The van der Waals surface area contributed by atoms with Crippen LogP contribution in [-0.2, 0) is 14.3 Å². The highest BCUT2D eigenvalue weighted by Gasteiger charge is 2.61. The lowest BCUT2D eigenvalue weighted by Gasteiger charge is -2.44. The predicted octanol–water partition coefficient (Wildman–Crippen LogP) is 1.41. The first-order valence-electron chi connectivity index (χ1n) is 5.85. The second-order valence-electron chi connectivity index (χ2n) is 5.23. The molecule has 3 nitrogen and oxygen atoms in total. The first-order chi connectivity index (χ1) is 7.18. The van der Waals surface area contributed by atoms with Gasteiger partial charge in [-0.25, -0.2) is 0 Å². The van der Waals surface area contributed by atoms with E-state index in [4.69, 9.17) is 4.74 Å². The normalized spacial score (nSPS) is 46.2. The van der Waals surface area contributed by atoms with Crippen LogP contribution in [0.2, 0.25) is 0 Å². The molecule has 3 rings (SSSR count). The minimum Gasteiger partial charge on any atom is -0.466 e. The Labute approximate surface area is 89.2 Å². The van der Waals surface area contributed by atoms with Gasteiger partial charge in [-0.05, 0) is 37.0 Å². The van der Waals surface area contributed by atoms with Crippen LogP contribution in [0, 0.1) is 29.6 Å². The molecule has 3 aliphatic carbocycles. The maximum absolute atomic E-state index is 11.8. The van der Waals surface area contributed by atoms with Crippen molar-refractivity contribution in [2.45, 2.75) is 26.2 Å². The number of carbonyl (C=O) groups is 2. The molecule has 15 heavy (non-hydrogen) atoms. The van der Waals surface area contributed by atoms with Crippen LogP contribution < -0.4 is 0 Å². The number of fused-ring (bicyclic) bond motifs is 3. The maximum Gasteiger partial charge on any atom is 0.302 e. The molecule has 0 spiro atoms. The minimum absolute atomic E-state index is 0.201. The Morgan fingerprint density at radius 1 is 1.40 bits per heavy atom. The molecule has 3 aliphatic rings. The molecule has 0 bridgehead atoms. The van der Waals surface area contributed by atoms with Crippen molar-refractivity contribution in [1.29, 1.82) is 0 Å². The lowest BCUT2D eigenvalue weighted by Crippen LogP contribution is -2.42. The topological polar surface area (TPSA) is 43.4 Å². The van der Waals surface area contributed by atoms with E-state index in [2.05, 4.69) is 0 Å². The van der Waals surface area contributed by atoms with Crippen molar-refractivity contribution in [3.05, 3.63) is 0 Å². The number of esters is 1. The van der Waals surface area contributed by atoms with Gasteiger partial charge in [0.2, 0.25) is 0 Å². The summed E-state index contributed by atoms with van der Waals surface area (Å²) in [6.45, 7) is 1.98. The molecule has 82 valence electrons. The molecule has 3 fully saturated rings. The minimum atomic E-state index is -0.201. The summed E-state index contributed by atoms with van der Waals surface area (Å²) in [7, 11) is 0. The molecule has 0 aromatic carbocycles. The highest BCUT2D eigenvalue weighted by molar-refractivity contribution is 5.88. The third-order valence-electron chi connectivity index (χ3n) is 4.62. The number of Topliss-reactive ketones (excluding diaryl/α,β-unsaturated/α-hetero) is 1. The monoisotopic (exact) mass is 208 g/mol. The molecule has 0 N–H and O–H groups in total. The van der Waals surface area contributed by atoms with Crippen molar-refractivity contribution in [1.82, 2.24) is 0 Å².